The van der Waals surface area contributed by atoms with Crippen LogP contribution in [0, 0.1) is 5.92 Å². The minimum atomic E-state index is -1.54. The molecule has 1 aliphatic rings. The Balaban J connectivity index is 1.83. The van der Waals surface area contributed by atoms with Crippen molar-refractivity contribution in [2.45, 2.75) is 12.6 Å². The minimum Gasteiger partial charge on any atom is -0.423 e. The molecule has 2 aromatic rings. The highest BCUT2D eigenvalue weighted by Crippen LogP contribution is 2.35. The van der Waals surface area contributed by atoms with Gasteiger partial charge < -0.3 is 15.4 Å². The molecule has 0 radical (unpaired) electrons. The number of hydrogen-bond donors (Lipinski definition) is 3. The van der Waals surface area contributed by atoms with Gasteiger partial charge in [-0.05, 0) is 24.0 Å². The molecule has 19 heavy (non-hydrogen) atoms. The third kappa shape index (κ3) is 2.47. The lowest BCUT2D eigenvalue weighted by Crippen LogP contribution is -2.29. The maximum atomic E-state index is 12.7. The predicted molar refractivity (Wildman–Crippen MR) is 71.1 cm³/mol. The summed E-state index contributed by atoms with van der Waals surface area (Å²) in [6, 6.07) is 4.80. The normalized spacial score (nSPS) is 21.4. The van der Waals surface area contributed by atoms with E-state index in [9.17, 15) is 9.18 Å². The Labute approximate surface area is 112 Å². The lowest BCUT2D eigenvalue weighted by atomic mass is 9.80. The van der Waals surface area contributed by atoms with Gasteiger partial charge in [-0.2, -0.15) is 0 Å². The standard InChI is InChI=1S/C11H10BFN2O3S/c13-7-4-6(7)10(16)15-11-14-8-2-1-5(12(17)18)3-9(8)19-11/h1-3,6-7,17-18H,4H2,(H,14,15,16)/t6-,7+/m1/s1. The second kappa shape index (κ2) is 4.55. The monoisotopic (exact) mass is 280 g/mol. The number of nitrogens with zero attached hydrogens (tertiary/aromatic N) is 1. The van der Waals surface area contributed by atoms with Crippen molar-refractivity contribution in [2.75, 3.05) is 5.32 Å². The molecule has 0 spiro atoms. The van der Waals surface area contributed by atoms with Gasteiger partial charge in [0.2, 0.25) is 5.91 Å². The van der Waals surface area contributed by atoms with E-state index in [1.165, 1.54) is 11.3 Å². The number of benzene rings is 1. The minimum absolute atomic E-state index is 0.275. The average Bonchev–Trinajstić information content (AvgIpc) is 2.96. The van der Waals surface area contributed by atoms with Gasteiger partial charge in [-0.25, -0.2) is 9.37 Å². The highest BCUT2D eigenvalue weighted by Gasteiger charge is 2.43. The number of halogens is 1. The third-order valence-electron chi connectivity index (χ3n) is 2.99. The van der Waals surface area contributed by atoms with Crippen molar-refractivity contribution in [1.82, 2.24) is 4.98 Å². The number of aromatic nitrogens is 1. The molecule has 0 bridgehead atoms. The SMILES string of the molecule is O=C(Nc1nc2ccc(B(O)O)cc2s1)[C@@H]1C[C@@H]1F. The number of fused-ring (bicyclic) bond motifs is 1. The number of carbonyl (C=O) groups is 1. The van der Waals surface area contributed by atoms with Gasteiger partial charge in [0.05, 0.1) is 16.1 Å². The fourth-order valence-electron chi connectivity index (χ4n) is 1.79. The lowest BCUT2D eigenvalue weighted by Gasteiger charge is -1.97. The molecule has 1 fully saturated rings. The lowest BCUT2D eigenvalue weighted by molar-refractivity contribution is -0.117. The number of rotatable bonds is 3. The van der Waals surface area contributed by atoms with Gasteiger partial charge in [0, 0.05) is 0 Å². The van der Waals surface area contributed by atoms with Crippen molar-refractivity contribution in [1.29, 1.82) is 0 Å². The van der Waals surface area contributed by atoms with Crippen LogP contribution in [0.2, 0.25) is 0 Å². The summed E-state index contributed by atoms with van der Waals surface area (Å²) >= 11 is 1.22. The Hall–Kier alpha value is -1.51. The second-order valence-electron chi connectivity index (χ2n) is 4.47. The molecule has 2 atom stereocenters. The molecule has 5 nitrogen and oxygen atoms in total. The second-order valence-corrected chi connectivity index (χ2v) is 5.50. The van der Waals surface area contributed by atoms with Gasteiger partial charge in [-0.15, -0.1) is 0 Å². The summed E-state index contributed by atoms with van der Waals surface area (Å²) in [6.45, 7) is 0. The molecule has 1 aromatic carbocycles. The first-order valence-corrected chi connectivity index (χ1v) is 6.58. The molecule has 1 amide bonds. The number of hydrogen-bond acceptors (Lipinski definition) is 5. The van der Waals surface area contributed by atoms with E-state index >= 15 is 0 Å². The van der Waals surface area contributed by atoms with Crippen LogP contribution in [0.3, 0.4) is 0 Å². The van der Waals surface area contributed by atoms with Crippen LogP contribution in [-0.4, -0.2) is 34.2 Å². The van der Waals surface area contributed by atoms with Crippen LogP contribution >= 0.6 is 11.3 Å². The number of anilines is 1. The Kier molecular flexibility index (Phi) is 3.00. The number of alkyl halides is 1. The molecule has 98 valence electrons. The average molecular weight is 280 g/mol. The van der Waals surface area contributed by atoms with Crippen molar-refractivity contribution >= 4 is 45.2 Å². The van der Waals surface area contributed by atoms with Gasteiger partial charge in [-0.3, -0.25) is 4.79 Å². The van der Waals surface area contributed by atoms with Crippen LogP contribution in [0.5, 0.6) is 0 Å². The Bertz CT molecular complexity index is 648. The molecule has 1 aromatic heterocycles. The first-order chi connectivity index (χ1) is 9.04. The summed E-state index contributed by atoms with van der Waals surface area (Å²) < 4.78 is 13.5. The van der Waals surface area contributed by atoms with E-state index < -0.39 is 19.2 Å². The molecular formula is C11H10BFN2O3S. The maximum Gasteiger partial charge on any atom is 0.488 e. The van der Waals surface area contributed by atoms with Crippen LogP contribution in [0.25, 0.3) is 10.2 Å². The van der Waals surface area contributed by atoms with E-state index in [4.69, 9.17) is 10.0 Å². The van der Waals surface area contributed by atoms with Crippen molar-refractivity contribution in [3.63, 3.8) is 0 Å². The smallest absolute Gasteiger partial charge is 0.423 e. The topological polar surface area (TPSA) is 82.5 Å². The molecule has 3 rings (SSSR count). The molecule has 0 unspecified atom stereocenters. The molecule has 8 heteroatoms. The molecule has 1 saturated carbocycles. The zero-order chi connectivity index (χ0) is 13.6. The zero-order valence-corrected chi connectivity index (χ0v) is 10.5. The van der Waals surface area contributed by atoms with Crippen molar-refractivity contribution in [3.05, 3.63) is 18.2 Å². The third-order valence-corrected chi connectivity index (χ3v) is 3.92. The van der Waals surface area contributed by atoms with Gasteiger partial charge in [0.25, 0.3) is 0 Å². The van der Waals surface area contributed by atoms with Crippen LogP contribution < -0.4 is 10.8 Å². The van der Waals surface area contributed by atoms with E-state index in [1.807, 2.05) is 0 Å². The van der Waals surface area contributed by atoms with E-state index in [0.717, 1.165) is 4.70 Å². The summed E-state index contributed by atoms with van der Waals surface area (Å²) in [4.78, 5) is 15.8. The first kappa shape index (κ1) is 12.5. The number of thiazole rings is 1. The molecule has 0 saturated heterocycles. The largest absolute Gasteiger partial charge is 0.488 e. The quantitative estimate of drug-likeness (QED) is 0.705. The fourth-order valence-corrected chi connectivity index (χ4v) is 2.71. The van der Waals surface area contributed by atoms with Gasteiger partial charge in [0.15, 0.2) is 5.13 Å². The fraction of sp³-hybridized carbons (Fsp3) is 0.273. The van der Waals surface area contributed by atoms with Gasteiger partial charge in [0.1, 0.15) is 6.17 Å². The maximum absolute atomic E-state index is 12.7. The zero-order valence-electron chi connectivity index (χ0n) is 9.71. The van der Waals surface area contributed by atoms with Crippen LogP contribution in [0.15, 0.2) is 18.2 Å². The molecule has 0 aliphatic heterocycles. The summed E-state index contributed by atoms with van der Waals surface area (Å²) in [5.74, 6) is -0.907. The van der Waals surface area contributed by atoms with E-state index in [0.29, 0.717) is 16.1 Å². The summed E-state index contributed by atoms with van der Waals surface area (Å²) in [5, 5.41) is 21.1. The van der Waals surface area contributed by atoms with Crippen molar-refractivity contribution in [2.24, 2.45) is 5.92 Å². The van der Waals surface area contributed by atoms with Crippen LogP contribution in [0.1, 0.15) is 6.42 Å². The highest BCUT2D eigenvalue weighted by atomic mass is 32.1. The van der Waals surface area contributed by atoms with Crippen molar-refractivity contribution in [3.8, 4) is 0 Å². The van der Waals surface area contributed by atoms with Gasteiger partial charge in [-0.1, -0.05) is 17.4 Å². The van der Waals surface area contributed by atoms with Gasteiger partial charge >= 0.3 is 7.12 Å². The Morgan fingerprint density at radius 3 is 2.89 bits per heavy atom. The first-order valence-electron chi connectivity index (χ1n) is 5.76. The number of nitrogens with one attached hydrogen (secondary N) is 1. The van der Waals surface area contributed by atoms with E-state index in [2.05, 4.69) is 10.3 Å². The predicted octanol–water partition coefficient (Wildman–Crippen LogP) is 0.273. The van der Waals surface area contributed by atoms with E-state index in [-0.39, 0.29) is 12.3 Å². The summed E-state index contributed by atoms with van der Waals surface area (Å²) in [7, 11) is -1.54. The van der Waals surface area contributed by atoms with Crippen LogP contribution in [0.4, 0.5) is 9.52 Å². The highest BCUT2D eigenvalue weighted by molar-refractivity contribution is 7.22. The molecule has 3 N–H and O–H groups in total. The number of amides is 1. The molecule has 1 aliphatic carbocycles. The number of carbonyl (C=O) groups excluding carboxylic acids is 1. The Morgan fingerprint density at radius 2 is 2.26 bits per heavy atom. The van der Waals surface area contributed by atoms with Crippen molar-refractivity contribution < 1.29 is 19.2 Å². The summed E-state index contributed by atoms with van der Waals surface area (Å²) in [5.41, 5.74) is 1.01. The van der Waals surface area contributed by atoms with E-state index in [1.54, 1.807) is 18.2 Å². The molecular weight excluding hydrogens is 270 g/mol. The Morgan fingerprint density at radius 1 is 1.53 bits per heavy atom. The molecule has 1 heterocycles. The summed E-state index contributed by atoms with van der Waals surface area (Å²) in [6.07, 6.45) is -0.761. The van der Waals surface area contributed by atoms with Crippen LogP contribution in [-0.2, 0) is 4.79 Å².